The minimum atomic E-state index is -0.426. The molecule has 0 saturated heterocycles. The Morgan fingerprint density at radius 2 is 1.96 bits per heavy atom. The number of benzene rings is 1. The average molecular weight is 314 g/mol. The van der Waals surface area contributed by atoms with Crippen LogP contribution in [0, 0.1) is 5.82 Å². The van der Waals surface area contributed by atoms with Gasteiger partial charge in [0.1, 0.15) is 11.4 Å². The first-order valence-corrected chi connectivity index (χ1v) is 7.10. The minimum Gasteiger partial charge on any atom is -0.462 e. The van der Waals surface area contributed by atoms with E-state index >= 15 is 0 Å². The highest BCUT2D eigenvalue weighted by Crippen LogP contribution is 2.24. The van der Waals surface area contributed by atoms with E-state index in [4.69, 9.17) is 4.74 Å². The zero-order chi connectivity index (χ0) is 16.4. The number of hydrogen-bond acceptors (Lipinski definition) is 4. The Hall–Kier alpha value is -2.96. The van der Waals surface area contributed by atoms with Gasteiger partial charge in [-0.05, 0) is 31.2 Å². The van der Waals surface area contributed by atoms with E-state index in [0.717, 1.165) is 11.3 Å². The average Bonchev–Trinajstić information content (AvgIpc) is 3.14. The highest BCUT2D eigenvalue weighted by Gasteiger charge is 2.20. The molecule has 0 spiro atoms. The van der Waals surface area contributed by atoms with Gasteiger partial charge in [-0.25, -0.2) is 13.9 Å². The lowest BCUT2D eigenvalue weighted by atomic mass is 10.1. The molecule has 0 amide bonds. The molecule has 0 bridgehead atoms. The number of rotatable bonds is 4. The van der Waals surface area contributed by atoms with E-state index in [-0.39, 0.29) is 5.82 Å². The quantitative estimate of drug-likeness (QED) is 0.694. The first-order chi connectivity index (χ1) is 11.1. The fraction of sp³-hybridized carbons (Fsp3) is 0.188. The summed E-state index contributed by atoms with van der Waals surface area (Å²) in [5.41, 5.74) is 2.44. The number of carbonyl (C=O) groups is 1. The number of carbonyl (C=O) groups excluding carboxylic acids is 1. The largest absolute Gasteiger partial charge is 0.462 e. The molecular formula is C16H15FN4O2. The minimum absolute atomic E-state index is 0.294. The highest BCUT2D eigenvalue weighted by atomic mass is 19.1. The molecule has 0 fully saturated rings. The van der Waals surface area contributed by atoms with Crippen molar-refractivity contribution in [1.82, 2.24) is 19.6 Å². The van der Waals surface area contributed by atoms with Gasteiger partial charge in [0.2, 0.25) is 0 Å². The van der Waals surface area contributed by atoms with Crippen molar-refractivity contribution in [2.75, 3.05) is 6.61 Å². The molecule has 6 nitrogen and oxygen atoms in total. The van der Waals surface area contributed by atoms with Crippen LogP contribution in [0.1, 0.15) is 17.3 Å². The van der Waals surface area contributed by atoms with Gasteiger partial charge >= 0.3 is 5.97 Å². The summed E-state index contributed by atoms with van der Waals surface area (Å²) in [6, 6.07) is 5.98. The zero-order valence-corrected chi connectivity index (χ0v) is 12.7. The van der Waals surface area contributed by atoms with Gasteiger partial charge in [-0.3, -0.25) is 4.68 Å². The first-order valence-electron chi connectivity index (χ1n) is 7.10. The molecule has 1 aromatic carbocycles. The van der Waals surface area contributed by atoms with Crippen molar-refractivity contribution in [2.24, 2.45) is 7.05 Å². The standard InChI is InChI=1S/C16H15FN4O2/c1-3-23-16(22)14-9-18-20(2)15(14)11-8-19-21(10-11)13-6-4-12(17)5-7-13/h4-10H,3H2,1-2H3. The van der Waals surface area contributed by atoms with Gasteiger partial charge in [0, 0.05) is 18.8 Å². The molecular weight excluding hydrogens is 299 g/mol. The normalized spacial score (nSPS) is 10.7. The molecule has 3 aromatic rings. The lowest BCUT2D eigenvalue weighted by molar-refractivity contribution is 0.0527. The molecule has 0 saturated carbocycles. The van der Waals surface area contributed by atoms with Crippen molar-refractivity contribution in [3.05, 3.63) is 54.2 Å². The predicted octanol–water partition coefficient (Wildman–Crippen LogP) is 2.59. The molecule has 0 aliphatic carbocycles. The molecule has 0 N–H and O–H groups in total. The second kappa shape index (κ2) is 6.04. The van der Waals surface area contributed by atoms with E-state index in [1.807, 2.05) is 0 Å². The summed E-state index contributed by atoms with van der Waals surface area (Å²) >= 11 is 0. The second-order valence-corrected chi connectivity index (χ2v) is 4.90. The molecule has 118 valence electrons. The van der Waals surface area contributed by atoms with E-state index in [0.29, 0.717) is 17.9 Å². The third-order valence-electron chi connectivity index (χ3n) is 3.38. The van der Waals surface area contributed by atoms with Crippen LogP contribution < -0.4 is 0 Å². The van der Waals surface area contributed by atoms with Crippen LogP contribution in [0.3, 0.4) is 0 Å². The van der Waals surface area contributed by atoms with Crippen LogP contribution in [-0.4, -0.2) is 32.1 Å². The fourth-order valence-electron chi connectivity index (χ4n) is 2.32. The SMILES string of the molecule is CCOC(=O)c1cnn(C)c1-c1cnn(-c2ccc(F)cc2)c1. The Bertz CT molecular complexity index is 836. The molecule has 23 heavy (non-hydrogen) atoms. The molecule has 7 heteroatoms. The number of nitrogens with zero attached hydrogens (tertiary/aromatic N) is 4. The maximum atomic E-state index is 13.0. The molecule has 0 unspecified atom stereocenters. The van der Waals surface area contributed by atoms with Gasteiger partial charge in [0.05, 0.1) is 30.4 Å². The number of aromatic nitrogens is 4. The molecule has 0 aliphatic heterocycles. The van der Waals surface area contributed by atoms with E-state index < -0.39 is 5.97 Å². The lowest BCUT2D eigenvalue weighted by Gasteiger charge is -2.04. The van der Waals surface area contributed by atoms with Crippen LogP contribution in [-0.2, 0) is 11.8 Å². The summed E-state index contributed by atoms with van der Waals surface area (Å²) < 4.78 is 21.3. The molecule has 2 heterocycles. The summed E-state index contributed by atoms with van der Waals surface area (Å²) in [7, 11) is 1.74. The Balaban J connectivity index is 1.99. The molecule has 2 aromatic heterocycles. The summed E-state index contributed by atoms with van der Waals surface area (Å²) in [4.78, 5) is 12.0. The number of esters is 1. The van der Waals surface area contributed by atoms with E-state index in [1.54, 1.807) is 47.9 Å². The smallest absolute Gasteiger partial charge is 0.341 e. The zero-order valence-electron chi connectivity index (χ0n) is 12.7. The van der Waals surface area contributed by atoms with E-state index in [2.05, 4.69) is 10.2 Å². The van der Waals surface area contributed by atoms with Crippen molar-refractivity contribution in [2.45, 2.75) is 6.92 Å². The maximum Gasteiger partial charge on any atom is 0.341 e. The third kappa shape index (κ3) is 2.85. The first kappa shape index (κ1) is 15.0. The van der Waals surface area contributed by atoms with Gasteiger partial charge in [-0.2, -0.15) is 10.2 Å². The maximum absolute atomic E-state index is 13.0. The van der Waals surface area contributed by atoms with Crippen LogP contribution in [0.15, 0.2) is 42.9 Å². The van der Waals surface area contributed by atoms with Gasteiger partial charge < -0.3 is 4.74 Å². The monoisotopic (exact) mass is 314 g/mol. The Labute approximate surface area is 132 Å². The topological polar surface area (TPSA) is 61.9 Å². The molecule has 3 rings (SSSR count). The van der Waals surface area contributed by atoms with Crippen LogP contribution in [0.4, 0.5) is 4.39 Å². The van der Waals surface area contributed by atoms with Crippen molar-refractivity contribution < 1.29 is 13.9 Å². The van der Waals surface area contributed by atoms with Gasteiger partial charge in [-0.15, -0.1) is 0 Å². The molecule has 0 radical (unpaired) electrons. The van der Waals surface area contributed by atoms with Crippen LogP contribution in [0.2, 0.25) is 0 Å². The highest BCUT2D eigenvalue weighted by molar-refractivity contribution is 5.96. The Kier molecular flexibility index (Phi) is 3.92. The number of aryl methyl sites for hydroxylation is 1. The van der Waals surface area contributed by atoms with Crippen LogP contribution in [0.5, 0.6) is 0 Å². The Morgan fingerprint density at radius 3 is 2.65 bits per heavy atom. The predicted molar refractivity (Wildman–Crippen MR) is 81.7 cm³/mol. The summed E-state index contributed by atoms with van der Waals surface area (Å²) in [6.45, 7) is 2.04. The number of hydrogen-bond donors (Lipinski definition) is 0. The van der Waals surface area contributed by atoms with Crippen molar-refractivity contribution in [3.8, 4) is 16.9 Å². The van der Waals surface area contributed by atoms with Crippen molar-refractivity contribution in [1.29, 1.82) is 0 Å². The van der Waals surface area contributed by atoms with Crippen molar-refractivity contribution in [3.63, 3.8) is 0 Å². The van der Waals surface area contributed by atoms with E-state index in [1.165, 1.54) is 18.3 Å². The third-order valence-corrected chi connectivity index (χ3v) is 3.38. The Morgan fingerprint density at radius 1 is 1.22 bits per heavy atom. The lowest BCUT2D eigenvalue weighted by Crippen LogP contribution is -2.06. The van der Waals surface area contributed by atoms with E-state index in [9.17, 15) is 9.18 Å². The summed E-state index contributed by atoms with van der Waals surface area (Å²) in [6.07, 6.45) is 4.86. The molecule has 0 aliphatic rings. The summed E-state index contributed by atoms with van der Waals surface area (Å²) in [5, 5.41) is 8.38. The number of halogens is 1. The summed E-state index contributed by atoms with van der Waals surface area (Å²) in [5.74, 6) is -0.734. The van der Waals surface area contributed by atoms with Gasteiger partial charge in [0.25, 0.3) is 0 Å². The van der Waals surface area contributed by atoms with Crippen LogP contribution in [0.25, 0.3) is 16.9 Å². The molecule has 0 atom stereocenters. The van der Waals surface area contributed by atoms with Gasteiger partial charge in [0.15, 0.2) is 0 Å². The van der Waals surface area contributed by atoms with Gasteiger partial charge in [-0.1, -0.05) is 0 Å². The fourth-order valence-corrected chi connectivity index (χ4v) is 2.32. The van der Waals surface area contributed by atoms with Crippen LogP contribution >= 0.6 is 0 Å². The second-order valence-electron chi connectivity index (χ2n) is 4.90. The number of ether oxygens (including phenoxy) is 1. The van der Waals surface area contributed by atoms with Crippen molar-refractivity contribution >= 4 is 5.97 Å².